The maximum Gasteiger partial charge on any atom is 0.265 e. The van der Waals surface area contributed by atoms with Crippen molar-refractivity contribution in [2.75, 3.05) is 17.7 Å². The predicted molar refractivity (Wildman–Crippen MR) is 120 cm³/mol. The second kappa shape index (κ2) is 9.93. The van der Waals surface area contributed by atoms with Crippen molar-refractivity contribution in [3.8, 4) is 11.5 Å². The Morgan fingerprint density at radius 3 is 2.23 bits per heavy atom. The monoisotopic (exact) mass is 468 g/mol. The minimum Gasteiger partial charge on any atom is -0.495 e. The Balaban J connectivity index is 1.58. The smallest absolute Gasteiger partial charge is 0.265 e. The molecule has 2 N–H and O–H groups in total. The van der Waals surface area contributed by atoms with Crippen LogP contribution in [0.2, 0.25) is 0 Å². The molecule has 154 valence electrons. The minimum atomic E-state index is -0.681. The van der Waals surface area contributed by atoms with Gasteiger partial charge in [-0.25, -0.2) is 0 Å². The van der Waals surface area contributed by atoms with Crippen LogP contribution in [0.25, 0.3) is 0 Å². The van der Waals surface area contributed by atoms with Crippen LogP contribution in [-0.2, 0) is 4.79 Å². The summed E-state index contributed by atoms with van der Waals surface area (Å²) in [4.78, 5) is 24.8. The van der Waals surface area contributed by atoms with E-state index in [1.54, 1.807) is 62.6 Å². The van der Waals surface area contributed by atoms with E-state index in [2.05, 4.69) is 26.6 Å². The van der Waals surface area contributed by atoms with Gasteiger partial charge in [0.2, 0.25) is 0 Å². The molecule has 0 saturated heterocycles. The van der Waals surface area contributed by atoms with Gasteiger partial charge in [-0.15, -0.1) is 0 Å². The first kappa shape index (κ1) is 21.4. The Bertz CT molecular complexity index is 1020. The second-order valence-corrected chi connectivity index (χ2v) is 7.35. The van der Waals surface area contributed by atoms with Crippen LogP contribution in [0.5, 0.6) is 11.5 Å². The van der Waals surface area contributed by atoms with Crippen LogP contribution in [-0.4, -0.2) is 25.0 Å². The molecule has 3 aromatic rings. The van der Waals surface area contributed by atoms with Crippen molar-refractivity contribution >= 4 is 39.1 Å². The Kier molecular flexibility index (Phi) is 7.08. The zero-order chi connectivity index (χ0) is 21.5. The van der Waals surface area contributed by atoms with Crippen LogP contribution in [0, 0.1) is 0 Å². The highest BCUT2D eigenvalue weighted by atomic mass is 79.9. The zero-order valence-electron chi connectivity index (χ0n) is 16.5. The number of nitrogens with one attached hydrogen (secondary N) is 2. The molecule has 7 heteroatoms. The average molecular weight is 469 g/mol. The fourth-order valence-electron chi connectivity index (χ4n) is 2.66. The van der Waals surface area contributed by atoms with Crippen molar-refractivity contribution in [2.24, 2.45) is 0 Å². The number of rotatable bonds is 7. The Morgan fingerprint density at radius 2 is 1.57 bits per heavy atom. The third kappa shape index (κ3) is 5.61. The van der Waals surface area contributed by atoms with Crippen molar-refractivity contribution < 1.29 is 19.1 Å². The van der Waals surface area contributed by atoms with Crippen LogP contribution in [0.15, 0.2) is 77.3 Å². The number of carbonyl (C=O) groups excluding carboxylic acids is 2. The van der Waals surface area contributed by atoms with Crippen molar-refractivity contribution in [3.05, 3.63) is 82.8 Å². The van der Waals surface area contributed by atoms with Gasteiger partial charge >= 0.3 is 0 Å². The molecule has 0 radical (unpaired) electrons. The fraction of sp³-hybridized carbons (Fsp3) is 0.130. The van der Waals surface area contributed by atoms with Gasteiger partial charge in [-0.1, -0.05) is 28.1 Å². The van der Waals surface area contributed by atoms with Gasteiger partial charge < -0.3 is 20.1 Å². The fourth-order valence-corrected chi connectivity index (χ4v) is 2.93. The lowest BCUT2D eigenvalue weighted by molar-refractivity contribution is -0.122. The molecule has 0 fully saturated rings. The average Bonchev–Trinajstić information content (AvgIpc) is 2.76. The van der Waals surface area contributed by atoms with E-state index >= 15 is 0 Å². The van der Waals surface area contributed by atoms with Crippen molar-refractivity contribution in [3.63, 3.8) is 0 Å². The van der Waals surface area contributed by atoms with Crippen LogP contribution in [0.4, 0.5) is 11.4 Å². The summed E-state index contributed by atoms with van der Waals surface area (Å²) in [6, 6.07) is 21.0. The molecule has 0 aliphatic heterocycles. The molecule has 1 atom stereocenters. The molecular formula is C23H21BrN2O4. The first-order valence-electron chi connectivity index (χ1n) is 9.24. The third-order valence-electron chi connectivity index (χ3n) is 4.27. The van der Waals surface area contributed by atoms with Gasteiger partial charge in [-0.05, 0) is 67.6 Å². The Labute approximate surface area is 183 Å². The predicted octanol–water partition coefficient (Wildman–Crippen LogP) is 5.12. The molecule has 0 spiro atoms. The number of carbonyl (C=O) groups is 2. The summed E-state index contributed by atoms with van der Waals surface area (Å²) in [5, 5.41) is 5.60. The summed E-state index contributed by atoms with van der Waals surface area (Å²) in [5.74, 6) is 0.618. The number of ether oxygens (including phenoxy) is 2. The quantitative estimate of drug-likeness (QED) is 0.504. The van der Waals surface area contributed by atoms with Gasteiger partial charge in [0.25, 0.3) is 11.8 Å². The molecular weight excluding hydrogens is 448 g/mol. The second-order valence-electron chi connectivity index (χ2n) is 6.44. The van der Waals surface area contributed by atoms with Gasteiger partial charge in [-0.2, -0.15) is 0 Å². The van der Waals surface area contributed by atoms with Crippen LogP contribution in [0.1, 0.15) is 17.3 Å². The summed E-state index contributed by atoms with van der Waals surface area (Å²) in [6.45, 7) is 1.67. The molecule has 30 heavy (non-hydrogen) atoms. The molecule has 6 nitrogen and oxygen atoms in total. The SMILES string of the molecule is COc1ccccc1NC(=O)c1ccc(NC(=O)C(C)Oc2ccc(Br)cc2)cc1. The van der Waals surface area contributed by atoms with Crippen molar-refractivity contribution in [1.29, 1.82) is 0 Å². The van der Waals surface area contributed by atoms with Crippen LogP contribution in [0.3, 0.4) is 0 Å². The van der Waals surface area contributed by atoms with E-state index in [4.69, 9.17) is 9.47 Å². The molecule has 3 aromatic carbocycles. The molecule has 2 amide bonds. The number of para-hydroxylation sites is 2. The number of amides is 2. The van der Waals surface area contributed by atoms with Crippen LogP contribution < -0.4 is 20.1 Å². The first-order chi connectivity index (χ1) is 14.5. The molecule has 1 unspecified atom stereocenters. The minimum absolute atomic E-state index is 0.274. The summed E-state index contributed by atoms with van der Waals surface area (Å²) >= 11 is 3.36. The van der Waals surface area contributed by atoms with Crippen molar-refractivity contribution in [1.82, 2.24) is 0 Å². The van der Waals surface area contributed by atoms with Crippen molar-refractivity contribution in [2.45, 2.75) is 13.0 Å². The number of halogens is 1. The molecule has 0 aliphatic carbocycles. The standard InChI is InChI=1S/C23H21BrN2O4/c1-15(30-19-13-9-17(24)10-14-19)22(27)25-18-11-7-16(8-12-18)23(28)26-20-5-3-4-6-21(20)29-2/h3-15H,1-2H3,(H,25,27)(H,26,28). The lowest BCUT2D eigenvalue weighted by atomic mass is 10.2. The number of hydrogen-bond donors (Lipinski definition) is 2. The van der Waals surface area contributed by atoms with E-state index < -0.39 is 6.10 Å². The Morgan fingerprint density at radius 1 is 0.900 bits per heavy atom. The summed E-state index contributed by atoms with van der Waals surface area (Å²) in [6.07, 6.45) is -0.681. The highest BCUT2D eigenvalue weighted by Gasteiger charge is 2.15. The molecule has 0 aliphatic rings. The Hall–Kier alpha value is -3.32. The number of hydrogen-bond acceptors (Lipinski definition) is 4. The van der Waals surface area contributed by atoms with Gasteiger partial charge in [0.15, 0.2) is 6.10 Å². The number of anilines is 2. The first-order valence-corrected chi connectivity index (χ1v) is 10.0. The van der Waals surface area contributed by atoms with E-state index in [1.165, 1.54) is 0 Å². The van der Waals surface area contributed by atoms with E-state index in [9.17, 15) is 9.59 Å². The molecule has 0 heterocycles. The third-order valence-corrected chi connectivity index (χ3v) is 4.79. The maximum atomic E-state index is 12.5. The van der Waals surface area contributed by atoms with E-state index in [-0.39, 0.29) is 11.8 Å². The molecule has 3 rings (SSSR count). The summed E-state index contributed by atoms with van der Waals surface area (Å²) < 4.78 is 11.8. The largest absolute Gasteiger partial charge is 0.495 e. The van der Waals surface area contributed by atoms with E-state index in [1.807, 2.05) is 24.3 Å². The maximum absolute atomic E-state index is 12.5. The molecule has 0 saturated carbocycles. The number of methoxy groups -OCH3 is 1. The van der Waals surface area contributed by atoms with Gasteiger partial charge in [-0.3, -0.25) is 9.59 Å². The normalized spacial score (nSPS) is 11.3. The van der Waals surface area contributed by atoms with E-state index in [0.29, 0.717) is 28.4 Å². The lowest BCUT2D eigenvalue weighted by Crippen LogP contribution is -2.30. The summed E-state index contributed by atoms with van der Waals surface area (Å²) in [5.41, 5.74) is 1.61. The van der Waals surface area contributed by atoms with Gasteiger partial charge in [0.1, 0.15) is 11.5 Å². The topological polar surface area (TPSA) is 76.7 Å². The van der Waals surface area contributed by atoms with E-state index in [0.717, 1.165) is 4.47 Å². The molecule has 0 aromatic heterocycles. The van der Waals surface area contributed by atoms with Gasteiger partial charge in [0, 0.05) is 15.7 Å². The number of benzene rings is 3. The molecule has 0 bridgehead atoms. The van der Waals surface area contributed by atoms with Crippen LogP contribution >= 0.6 is 15.9 Å². The lowest BCUT2D eigenvalue weighted by Gasteiger charge is -2.15. The van der Waals surface area contributed by atoms with Gasteiger partial charge in [0.05, 0.1) is 12.8 Å². The highest BCUT2D eigenvalue weighted by molar-refractivity contribution is 9.10. The summed E-state index contributed by atoms with van der Waals surface area (Å²) in [7, 11) is 1.55. The zero-order valence-corrected chi connectivity index (χ0v) is 18.1. The highest BCUT2D eigenvalue weighted by Crippen LogP contribution is 2.24.